The lowest BCUT2D eigenvalue weighted by molar-refractivity contribution is 0.444. The summed E-state index contributed by atoms with van der Waals surface area (Å²) in [5.74, 6) is 1.73. The Bertz CT molecular complexity index is 844. The van der Waals surface area contributed by atoms with Crippen molar-refractivity contribution in [3.63, 3.8) is 0 Å². The van der Waals surface area contributed by atoms with Crippen LogP contribution in [0.3, 0.4) is 0 Å². The van der Waals surface area contributed by atoms with E-state index in [-0.39, 0.29) is 0 Å². The molecular formula is C17H18ClN5. The third-order valence-electron chi connectivity index (χ3n) is 4.34. The SMILES string of the molecule is C[C@@H]1CCCN(c2cccc(-c3n[nH]c4ncc(Cl)cc34)n2)C1. The number of H-pyrrole nitrogens is 1. The third kappa shape index (κ3) is 2.77. The summed E-state index contributed by atoms with van der Waals surface area (Å²) in [5.41, 5.74) is 2.36. The summed E-state index contributed by atoms with van der Waals surface area (Å²) in [6.45, 7) is 4.42. The Morgan fingerprint density at radius 2 is 2.26 bits per heavy atom. The molecule has 1 N–H and O–H groups in total. The van der Waals surface area contributed by atoms with Crippen molar-refractivity contribution in [3.05, 3.63) is 35.5 Å². The summed E-state index contributed by atoms with van der Waals surface area (Å²) in [5, 5.41) is 8.82. The first-order valence-corrected chi connectivity index (χ1v) is 8.30. The van der Waals surface area contributed by atoms with Crippen molar-refractivity contribution in [2.45, 2.75) is 19.8 Å². The van der Waals surface area contributed by atoms with E-state index < -0.39 is 0 Å². The van der Waals surface area contributed by atoms with Gasteiger partial charge in [-0.1, -0.05) is 24.6 Å². The molecule has 0 amide bonds. The van der Waals surface area contributed by atoms with Crippen LogP contribution >= 0.6 is 11.6 Å². The zero-order valence-electron chi connectivity index (χ0n) is 13.0. The molecular weight excluding hydrogens is 310 g/mol. The number of anilines is 1. The van der Waals surface area contributed by atoms with Gasteiger partial charge in [0.2, 0.25) is 0 Å². The first-order chi connectivity index (χ1) is 11.2. The van der Waals surface area contributed by atoms with Gasteiger partial charge in [-0.2, -0.15) is 5.10 Å². The molecule has 23 heavy (non-hydrogen) atoms. The number of pyridine rings is 2. The first kappa shape index (κ1) is 14.5. The Morgan fingerprint density at radius 3 is 3.13 bits per heavy atom. The summed E-state index contributed by atoms with van der Waals surface area (Å²) in [7, 11) is 0. The number of nitrogens with one attached hydrogen (secondary N) is 1. The van der Waals surface area contributed by atoms with Crippen molar-refractivity contribution in [3.8, 4) is 11.4 Å². The van der Waals surface area contributed by atoms with Crippen LogP contribution in [0.5, 0.6) is 0 Å². The smallest absolute Gasteiger partial charge is 0.155 e. The molecule has 0 aromatic carbocycles. The first-order valence-electron chi connectivity index (χ1n) is 7.93. The maximum atomic E-state index is 6.07. The topological polar surface area (TPSA) is 57.7 Å². The normalized spacial score (nSPS) is 18.5. The fraction of sp³-hybridized carbons (Fsp3) is 0.353. The van der Waals surface area contributed by atoms with Crippen LogP contribution < -0.4 is 4.90 Å². The van der Waals surface area contributed by atoms with E-state index in [9.17, 15) is 0 Å². The second kappa shape index (κ2) is 5.81. The van der Waals surface area contributed by atoms with Crippen molar-refractivity contribution in [2.24, 2.45) is 5.92 Å². The predicted molar refractivity (Wildman–Crippen MR) is 92.7 cm³/mol. The molecule has 1 aliphatic rings. The van der Waals surface area contributed by atoms with Gasteiger partial charge in [-0.3, -0.25) is 5.10 Å². The molecule has 4 heterocycles. The van der Waals surface area contributed by atoms with Crippen molar-refractivity contribution in [1.82, 2.24) is 20.2 Å². The second-order valence-corrected chi connectivity index (χ2v) is 6.63. The summed E-state index contributed by atoms with van der Waals surface area (Å²) in [6, 6.07) is 7.96. The Labute approximate surface area is 139 Å². The van der Waals surface area contributed by atoms with Gasteiger partial charge in [-0.25, -0.2) is 9.97 Å². The molecule has 6 heteroatoms. The van der Waals surface area contributed by atoms with Crippen LogP contribution in [0, 0.1) is 5.92 Å². The highest BCUT2D eigenvalue weighted by atomic mass is 35.5. The predicted octanol–water partition coefficient (Wildman–Crippen LogP) is 3.91. The van der Waals surface area contributed by atoms with Crippen LogP contribution in [0.4, 0.5) is 5.82 Å². The van der Waals surface area contributed by atoms with Crippen LogP contribution in [0.25, 0.3) is 22.4 Å². The molecule has 0 unspecified atom stereocenters. The average Bonchev–Trinajstić information content (AvgIpc) is 2.98. The molecule has 1 saturated heterocycles. The van der Waals surface area contributed by atoms with Crippen LogP contribution in [0.15, 0.2) is 30.5 Å². The quantitative estimate of drug-likeness (QED) is 0.775. The number of fused-ring (bicyclic) bond motifs is 1. The van der Waals surface area contributed by atoms with E-state index in [1.807, 2.05) is 18.2 Å². The van der Waals surface area contributed by atoms with Gasteiger partial charge in [0.1, 0.15) is 11.5 Å². The van der Waals surface area contributed by atoms with E-state index in [1.165, 1.54) is 12.8 Å². The van der Waals surface area contributed by atoms with Crippen LogP contribution in [0.2, 0.25) is 5.02 Å². The van der Waals surface area contributed by atoms with E-state index in [0.29, 0.717) is 10.9 Å². The van der Waals surface area contributed by atoms with E-state index in [0.717, 1.165) is 41.3 Å². The van der Waals surface area contributed by atoms with E-state index in [1.54, 1.807) is 6.20 Å². The standard InChI is InChI=1S/C17H18ClN5/c1-11-4-3-7-23(10-11)15-6-2-5-14(20-15)16-13-8-12(18)9-19-17(13)22-21-16/h2,5-6,8-9,11H,3-4,7,10H2,1H3,(H,19,21,22)/t11-/m1/s1. The number of aromatic amines is 1. The molecule has 0 saturated carbocycles. The molecule has 0 bridgehead atoms. The van der Waals surface area contributed by atoms with Gasteiger partial charge in [-0.05, 0) is 37.0 Å². The summed E-state index contributed by atoms with van der Waals surface area (Å²) >= 11 is 6.07. The fourth-order valence-corrected chi connectivity index (χ4v) is 3.36. The summed E-state index contributed by atoms with van der Waals surface area (Å²) < 4.78 is 0. The summed E-state index contributed by atoms with van der Waals surface area (Å²) in [4.78, 5) is 11.4. The number of hydrogen-bond acceptors (Lipinski definition) is 4. The average molecular weight is 328 g/mol. The van der Waals surface area contributed by atoms with Crippen molar-refractivity contribution in [2.75, 3.05) is 18.0 Å². The minimum atomic E-state index is 0.598. The van der Waals surface area contributed by atoms with Crippen LogP contribution in [-0.2, 0) is 0 Å². The zero-order valence-corrected chi connectivity index (χ0v) is 13.7. The van der Waals surface area contributed by atoms with E-state index in [4.69, 9.17) is 16.6 Å². The van der Waals surface area contributed by atoms with Gasteiger partial charge in [0.25, 0.3) is 0 Å². The minimum absolute atomic E-state index is 0.598. The van der Waals surface area contributed by atoms with Gasteiger partial charge in [0, 0.05) is 24.7 Å². The highest BCUT2D eigenvalue weighted by molar-refractivity contribution is 6.31. The molecule has 0 spiro atoms. The van der Waals surface area contributed by atoms with Crippen molar-refractivity contribution in [1.29, 1.82) is 0 Å². The lowest BCUT2D eigenvalue weighted by Crippen LogP contribution is -2.34. The van der Waals surface area contributed by atoms with Crippen LogP contribution in [-0.4, -0.2) is 33.3 Å². The fourth-order valence-electron chi connectivity index (χ4n) is 3.20. The lowest BCUT2D eigenvalue weighted by atomic mass is 10.0. The number of piperidine rings is 1. The number of rotatable bonds is 2. The van der Waals surface area contributed by atoms with Crippen LogP contribution in [0.1, 0.15) is 19.8 Å². The molecule has 4 rings (SSSR count). The molecule has 1 fully saturated rings. The Balaban J connectivity index is 1.74. The zero-order chi connectivity index (χ0) is 15.8. The Hall–Kier alpha value is -2.14. The Kier molecular flexibility index (Phi) is 3.65. The molecule has 0 aliphatic carbocycles. The summed E-state index contributed by atoms with van der Waals surface area (Å²) in [6.07, 6.45) is 4.13. The highest BCUT2D eigenvalue weighted by Gasteiger charge is 2.18. The molecule has 5 nitrogen and oxygen atoms in total. The minimum Gasteiger partial charge on any atom is -0.356 e. The van der Waals surface area contributed by atoms with Crippen molar-refractivity contribution >= 4 is 28.5 Å². The molecule has 1 atom stereocenters. The lowest BCUT2D eigenvalue weighted by Gasteiger charge is -2.32. The maximum Gasteiger partial charge on any atom is 0.155 e. The number of halogens is 1. The third-order valence-corrected chi connectivity index (χ3v) is 4.55. The molecule has 118 valence electrons. The van der Waals surface area contributed by atoms with E-state index >= 15 is 0 Å². The Morgan fingerprint density at radius 1 is 1.35 bits per heavy atom. The van der Waals surface area contributed by atoms with Gasteiger partial charge in [-0.15, -0.1) is 0 Å². The number of nitrogens with zero attached hydrogens (tertiary/aromatic N) is 4. The van der Waals surface area contributed by atoms with Crippen molar-refractivity contribution < 1.29 is 0 Å². The highest BCUT2D eigenvalue weighted by Crippen LogP contribution is 2.28. The molecule has 3 aromatic rings. The molecule has 3 aromatic heterocycles. The molecule has 1 aliphatic heterocycles. The number of hydrogen-bond donors (Lipinski definition) is 1. The maximum absolute atomic E-state index is 6.07. The van der Waals surface area contributed by atoms with Gasteiger partial charge in [0.05, 0.1) is 10.7 Å². The van der Waals surface area contributed by atoms with Gasteiger partial charge in [0.15, 0.2) is 5.65 Å². The van der Waals surface area contributed by atoms with Gasteiger partial charge < -0.3 is 4.90 Å². The second-order valence-electron chi connectivity index (χ2n) is 6.20. The monoisotopic (exact) mass is 327 g/mol. The molecule has 0 radical (unpaired) electrons. The van der Waals surface area contributed by atoms with E-state index in [2.05, 4.69) is 33.1 Å². The largest absolute Gasteiger partial charge is 0.356 e. The van der Waals surface area contributed by atoms with Gasteiger partial charge >= 0.3 is 0 Å². The number of aromatic nitrogens is 4.